The minimum absolute atomic E-state index is 0.111. The third-order valence-electron chi connectivity index (χ3n) is 2.71. The molecule has 5 nitrogen and oxygen atoms in total. The summed E-state index contributed by atoms with van der Waals surface area (Å²) in [5, 5.41) is 30.5. The molecule has 0 saturated heterocycles. The van der Waals surface area contributed by atoms with Crippen LogP contribution in [-0.4, -0.2) is 27.1 Å². The van der Waals surface area contributed by atoms with Gasteiger partial charge in [-0.25, -0.2) is 0 Å². The zero-order valence-electron chi connectivity index (χ0n) is 12.1. The average molecular weight is 322 g/mol. The molecular weight excluding hydrogens is 306 g/mol. The van der Waals surface area contributed by atoms with E-state index < -0.39 is 5.97 Å². The molecule has 2 aromatic carbocycles. The van der Waals surface area contributed by atoms with Crippen molar-refractivity contribution in [2.75, 3.05) is 0 Å². The van der Waals surface area contributed by atoms with Gasteiger partial charge in [-0.1, -0.05) is 41.0 Å². The number of hydrogen-bond donors (Lipinski definition) is 3. The van der Waals surface area contributed by atoms with Crippen molar-refractivity contribution in [2.45, 2.75) is 13.8 Å². The Kier molecular flexibility index (Phi) is 6.41. The molecule has 0 atom stereocenters. The van der Waals surface area contributed by atoms with E-state index in [1.807, 2.05) is 0 Å². The fourth-order valence-electron chi connectivity index (χ4n) is 1.72. The molecule has 22 heavy (non-hydrogen) atoms. The standard InChI is InChI=1S/C14H12ClNO2.C2H4O2/c1-9-3-2-4-12(14(9)17)13(16-18)10-5-7-11(15)8-6-10;1-2(3)4/h2-8,17-18H,1H3;1H3,(H,3,4). The Morgan fingerprint density at radius 1 is 1.14 bits per heavy atom. The number of nitrogens with zero attached hydrogens (tertiary/aromatic N) is 1. The first-order chi connectivity index (χ1) is 10.4. The lowest BCUT2D eigenvalue weighted by Gasteiger charge is -2.09. The van der Waals surface area contributed by atoms with Gasteiger partial charge in [0, 0.05) is 23.1 Å². The lowest BCUT2D eigenvalue weighted by molar-refractivity contribution is -0.134. The molecule has 0 aliphatic heterocycles. The molecule has 0 aliphatic rings. The molecule has 3 N–H and O–H groups in total. The lowest BCUT2D eigenvalue weighted by atomic mass is 9.99. The van der Waals surface area contributed by atoms with E-state index in [1.54, 1.807) is 49.4 Å². The van der Waals surface area contributed by atoms with Crippen LogP contribution in [0.4, 0.5) is 0 Å². The predicted octanol–water partition coefficient (Wildman–Crippen LogP) is 3.67. The number of benzene rings is 2. The van der Waals surface area contributed by atoms with E-state index in [0.717, 1.165) is 12.5 Å². The van der Waals surface area contributed by atoms with Crippen LogP contribution in [0.25, 0.3) is 0 Å². The van der Waals surface area contributed by atoms with Crippen LogP contribution in [-0.2, 0) is 4.79 Å². The Balaban J connectivity index is 0.000000541. The maximum Gasteiger partial charge on any atom is 0.300 e. The van der Waals surface area contributed by atoms with Crippen molar-refractivity contribution >= 4 is 23.3 Å². The summed E-state index contributed by atoms with van der Waals surface area (Å²) in [4.78, 5) is 9.00. The van der Waals surface area contributed by atoms with Gasteiger partial charge < -0.3 is 15.4 Å². The van der Waals surface area contributed by atoms with Crippen LogP contribution in [0.5, 0.6) is 5.75 Å². The second-order valence-corrected chi connectivity index (χ2v) is 4.88. The maximum absolute atomic E-state index is 10.00. The Morgan fingerprint density at radius 2 is 1.68 bits per heavy atom. The van der Waals surface area contributed by atoms with Crippen molar-refractivity contribution in [1.82, 2.24) is 0 Å². The number of halogens is 1. The van der Waals surface area contributed by atoms with Crippen molar-refractivity contribution < 1.29 is 20.2 Å². The number of carbonyl (C=O) groups is 1. The summed E-state index contributed by atoms with van der Waals surface area (Å²) in [6, 6.07) is 12.2. The van der Waals surface area contributed by atoms with Crippen LogP contribution < -0.4 is 0 Å². The van der Waals surface area contributed by atoms with Crippen LogP contribution >= 0.6 is 11.6 Å². The third kappa shape index (κ3) is 4.79. The Bertz CT molecular complexity index is 677. The number of aryl methyl sites for hydroxylation is 1. The van der Waals surface area contributed by atoms with Gasteiger partial charge in [0.15, 0.2) is 0 Å². The summed E-state index contributed by atoms with van der Waals surface area (Å²) in [7, 11) is 0. The highest BCUT2D eigenvalue weighted by atomic mass is 35.5. The molecule has 6 heteroatoms. The topological polar surface area (TPSA) is 90.1 Å². The summed E-state index contributed by atoms with van der Waals surface area (Å²) < 4.78 is 0. The summed E-state index contributed by atoms with van der Waals surface area (Å²) in [5.74, 6) is -0.722. The van der Waals surface area contributed by atoms with Gasteiger partial charge in [0.05, 0.1) is 0 Å². The number of phenols is 1. The van der Waals surface area contributed by atoms with Crippen molar-refractivity contribution in [1.29, 1.82) is 0 Å². The molecule has 0 radical (unpaired) electrons. The first-order valence-electron chi connectivity index (χ1n) is 6.33. The van der Waals surface area contributed by atoms with E-state index in [2.05, 4.69) is 5.16 Å². The van der Waals surface area contributed by atoms with Crippen LogP contribution in [0, 0.1) is 6.92 Å². The molecule has 0 spiro atoms. The van der Waals surface area contributed by atoms with E-state index in [-0.39, 0.29) is 5.75 Å². The van der Waals surface area contributed by atoms with Crippen molar-refractivity contribution in [3.63, 3.8) is 0 Å². The summed E-state index contributed by atoms with van der Waals surface area (Å²) in [6.45, 7) is 2.87. The van der Waals surface area contributed by atoms with Gasteiger partial charge in [-0.3, -0.25) is 4.79 Å². The van der Waals surface area contributed by atoms with E-state index >= 15 is 0 Å². The molecule has 116 valence electrons. The van der Waals surface area contributed by atoms with E-state index in [9.17, 15) is 5.11 Å². The number of hydrogen-bond acceptors (Lipinski definition) is 4. The molecule has 0 unspecified atom stereocenters. The minimum atomic E-state index is -0.833. The van der Waals surface area contributed by atoms with Crippen LogP contribution in [0.1, 0.15) is 23.6 Å². The number of para-hydroxylation sites is 1. The number of carboxylic acid groups (broad SMARTS) is 1. The Hall–Kier alpha value is -2.53. The number of aliphatic carboxylic acids is 1. The van der Waals surface area contributed by atoms with E-state index in [1.165, 1.54) is 0 Å². The zero-order chi connectivity index (χ0) is 16.7. The maximum atomic E-state index is 10.00. The smallest absolute Gasteiger partial charge is 0.300 e. The fourth-order valence-corrected chi connectivity index (χ4v) is 1.85. The predicted molar refractivity (Wildman–Crippen MR) is 85.0 cm³/mol. The molecule has 2 rings (SSSR count). The molecule has 0 aliphatic carbocycles. The van der Waals surface area contributed by atoms with Gasteiger partial charge in [-0.2, -0.15) is 0 Å². The van der Waals surface area contributed by atoms with Gasteiger partial charge in [-0.05, 0) is 30.7 Å². The third-order valence-corrected chi connectivity index (χ3v) is 2.96. The summed E-state index contributed by atoms with van der Waals surface area (Å²) >= 11 is 5.81. The van der Waals surface area contributed by atoms with Gasteiger partial charge >= 0.3 is 0 Å². The van der Waals surface area contributed by atoms with Crippen LogP contribution in [0.15, 0.2) is 47.6 Å². The molecule has 0 heterocycles. The first-order valence-corrected chi connectivity index (χ1v) is 6.71. The van der Waals surface area contributed by atoms with Gasteiger partial charge in [-0.15, -0.1) is 0 Å². The summed E-state index contributed by atoms with van der Waals surface area (Å²) in [5.41, 5.74) is 2.21. The molecule has 0 saturated carbocycles. The second kappa shape index (κ2) is 8.05. The second-order valence-electron chi connectivity index (χ2n) is 4.45. The van der Waals surface area contributed by atoms with Gasteiger partial charge in [0.25, 0.3) is 5.97 Å². The highest BCUT2D eigenvalue weighted by Crippen LogP contribution is 2.25. The Labute approximate surface area is 133 Å². The van der Waals surface area contributed by atoms with Crippen molar-refractivity contribution in [2.24, 2.45) is 5.16 Å². The van der Waals surface area contributed by atoms with Crippen LogP contribution in [0.3, 0.4) is 0 Å². The summed E-state index contributed by atoms with van der Waals surface area (Å²) in [6.07, 6.45) is 0. The molecular formula is C16H16ClNO4. The largest absolute Gasteiger partial charge is 0.507 e. The highest BCUT2D eigenvalue weighted by molar-refractivity contribution is 6.30. The number of oxime groups is 1. The van der Waals surface area contributed by atoms with Gasteiger partial charge in [0.1, 0.15) is 11.5 Å². The molecule has 0 fully saturated rings. The average Bonchev–Trinajstić information content (AvgIpc) is 2.45. The molecule has 0 bridgehead atoms. The van der Waals surface area contributed by atoms with Crippen molar-refractivity contribution in [3.05, 3.63) is 64.2 Å². The monoisotopic (exact) mass is 321 g/mol. The number of aromatic hydroxyl groups is 1. The normalized spacial score (nSPS) is 10.6. The van der Waals surface area contributed by atoms with Crippen LogP contribution in [0.2, 0.25) is 5.02 Å². The lowest BCUT2D eigenvalue weighted by Crippen LogP contribution is -2.04. The quantitative estimate of drug-likeness (QED) is 0.447. The fraction of sp³-hybridized carbons (Fsp3) is 0.125. The molecule has 2 aromatic rings. The molecule has 0 amide bonds. The minimum Gasteiger partial charge on any atom is -0.507 e. The van der Waals surface area contributed by atoms with Crippen molar-refractivity contribution in [3.8, 4) is 5.75 Å². The van der Waals surface area contributed by atoms with E-state index in [4.69, 9.17) is 26.7 Å². The Morgan fingerprint density at radius 3 is 2.18 bits per heavy atom. The molecule has 0 aromatic heterocycles. The zero-order valence-corrected chi connectivity index (χ0v) is 12.9. The number of carboxylic acids is 1. The van der Waals surface area contributed by atoms with E-state index in [0.29, 0.717) is 21.9 Å². The van der Waals surface area contributed by atoms with Gasteiger partial charge in [0.2, 0.25) is 0 Å². The highest BCUT2D eigenvalue weighted by Gasteiger charge is 2.13. The number of phenolic OH excluding ortho intramolecular Hbond substituents is 1. The number of rotatable bonds is 2. The SMILES string of the molecule is CC(=O)O.Cc1cccc(C(=NO)c2ccc(Cl)cc2)c1O. The first kappa shape index (κ1) is 17.5.